The fourth-order valence-electron chi connectivity index (χ4n) is 3.50. The molecule has 0 aliphatic heterocycles. The van der Waals surface area contributed by atoms with E-state index in [1.54, 1.807) is 28.7 Å². The van der Waals surface area contributed by atoms with Crippen molar-refractivity contribution in [2.45, 2.75) is 4.90 Å². The highest BCUT2D eigenvalue weighted by Gasteiger charge is 2.20. The maximum absolute atomic E-state index is 13.0. The molecule has 2 aromatic heterocycles. The molecule has 2 heterocycles. The molecular weight excluding hydrogens is 340 g/mol. The zero-order chi connectivity index (χ0) is 17.3. The van der Waals surface area contributed by atoms with Gasteiger partial charge in [0.2, 0.25) is 0 Å². The normalized spacial score (nSPS) is 12.7. The van der Waals surface area contributed by atoms with Gasteiger partial charge in [0.1, 0.15) is 10.5 Å². The van der Waals surface area contributed by atoms with Gasteiger partial charge in [0.25, 0.3) is 15.7 Å². The van der Waals surface area contributed by atoms with Crippen molar-refractivity contribution in [3.8, 4) is 0 Å². The molecule has 0 saturated carbocycles. The van der Waals surface area contributed by atoms with Crippen LogP contribution < -0.4 is 5.56 Å². The Bertz CT molecular complexity index is 1490. The number of rotatable bonds is 1. The van der Waals surface area contributed by atoms with Crippen LogP contribution in [0.3, 0.4) is 0 Å². The summed E-state index contributed by atoms with van der Waals surface area (Å²) in [4.78, 5) is 17.4. The van der Waals surface area contributed by atoms with Crippen LogP contribution in [-0.2, 0) is 10.1 Å². The third-order valence-corrected chi connectivity index (χ3v) is 5.43. The number of hydrogen-bond donors (Lipinski definition) is 1. The van der Waals surface area contributed by atoms with Gasteiger partial charge in [-0.3, -0.25) is 13.7 Å². The van der Waals surface area contributed by atoms with E-state index in [1.807, 2.05) is 24.3 Å². The first kappa shape index (κ1) is 14.3. The van der Waals surface area contributed by atoms with Crippen molar-refractivity contribution >= 4 is 48.3 Å². The minimum absolute atomic E-state index is 0.217. The number of aromatic nitrogens is 2. The summed E-state index contributed by atoms with van der Waals surface area (Å²) in [6.07, 6.45) is 0. The van der Waals surface area contributed by atoms with Gasteiger partial charge in [-0.2, -0.15) is 8.42 Å². The van der Waals surface area contributed by atoms with E-state index >= 15 is 0 Å². The lowest BCUT2D eigenvalue weighted by Crippen LogP contribution is -2.13. The molecule has 0 spiro atoms. The number of imidazole rings is 1. The van der Waals surface area contributed by atoms with E-state index in [0.717, 1.165) is 0 Å². The van der Waals surface area contributed by atoms with E-state index in [-0.39, 0.29) is 10.5 Å². The summed E-state index contributed by atoms with van der Waals surface area (Å²) >= 11 is 0. The van der Waals surface area contributed by atoms with Crippen LogP contribution in [0.5, 0.6) is 0 Å². The Kier molecular flexibility index (Phi) is 2.60. The van der Waals surface area contributed by atoms with E-state index < -0.39 is 10.1 Å². The van der Waals surface area contributed by atoms with Gasteiger partial charge in [0.05, 0.1) is 11.0 Å². The Morgan fingerprint density at radius 2 is 1.64 bits per heavy atom. The lowest BCUT2D eigenvalue weighted by atomic mass is 10.0. The minimum atomic E-state index is -4.41. The molecule has 0 amide bonds. The fraction of sp³-hybridized carbons (Fsp3) is 0. The molecule has 122 valence electrons. The number of nitrogens with zero attached hydrogens (tertiary/aromatic N) is 2. The molecule has 0 aliphatic rings. The highest BCUT2D eigenvalue weighted by molar-refractivity contribution is 7.86. The smallest absolute Gasteiger partial charge is 0.282 e. The SMILES string of the molecule is O=c1c2cccc3c(S(=O)(=O)O)ccc(c32)c2nc3ccccc3n12. The van der Waals surface area contributed by atoms with Crippen molar-refractivity contribution in [2.75, 3.05) is 0 Å². The van der Waals surface area contributed by atoms with Crippen LogP contribution in [0.25, 0.3) is 38.2 Å². The van der Waals surface area contributed by atoms with Gasteiger partial charge in [-0.25, -0.2) is 4.98 Å². The van der Waals surface area contributed by atoms with Gasteiger partial charge >= 0.3 is 0 Å². The lowest BCUT2D eigenvalue weighted by Gasteiger charge is -2.09. The summed E-state index contributed by atoms with van der Waals surface area (Å²) in [6, 6.07) is 15.1. The summed E-state index contributed by atoms with van der Waals surface area (Å²) in [6.45, 7) is 0. The van der Waals surface area contributed by atoms with E-state index in [4.69, 9.17) is 0 Å². The first-order valence-electron chi connectivity index (χ1n) is 7.52. The van der Waals surface area contributed by atoms with E-state index in [2.05, 4.69) is 4.98 Å². The molecule has 3 aromatic carbocycles. The standard InChI is InChI=1S/C18H10N2O4S/c21-18-12-5-3-4-10-15(25(22,23)24)9-8-11(16(10)12)17-19-13-6-1-2-7-14(13)20(17)18/h1-9H,(H,22,23,24). The third kappa shape index (κ3) is 1.79. The van der Waals surface area contributed by atoms with Crippen LogP contribution in [0.15, 0.2) is 64.3 Å². The predicted molar refractivity (Wildman–Crippen MR) is 95.0 cm³/mol. The van der Waals surface area contributed by atoms with Crippen LogP contribution in [-0.4, -0.2) is 22.4 Å². The Morgan fingerprint density at radius 3 is 2.44 bits per heavy atom. The highest BCUT2D eigenvalue weighted by Crippen LogP contribution is 2.33. The molecule has 1 N–H and O–H groups in total. The fourth-order valence-corrected chi connectivity index (χ4v) is 4.19. The topological polar surface area (TPSA) is 88.7 Å². The van der Waals surface area contributed by atoms with Gasteiger partial charge in [0.15, 0.2) is 0 Å². The molecule has 0 atom stereocenters. The molecule has 0 fully saturated rings. The molecule has 0 saturated heterocycles. The average molecular weight is 350 g/mol. The number of hydrogen-bond acceptors (Lipinski definition) is 4. The van der Waals surface area contributed by atoms with Crippen molar-refractivity contribution in [2.24, 2.45) is 0 Å². The molecule has 6 nitrogen and oxygen atoms in total. The van der Waals surface area contributed by atoms with Crippen LogP contribution in [0.4, 0.5) is 0 Å². The number of fused-ring (bicyclic) bond motifs is 4. The van der Waals surface area contributed by atoms with Gasteiger partial charge in [-0.05, 0) is 30.3 Å². The number of benzene rings is 3. The maximum Gasteiger partial charge on any atom is 0.295 e. The van der Waals surface area contributed by atoms with Gasteiger partial charge in [-0.1, -0.05) is 24.3 Å². The Balaban J connectivity index is 2.17. The minimum Gasteiger partial charge on any atom is -0.282 e. The number of para-hydroxylation sites is 2. The van der Waals surface area contributed by atoms with Gasteiger partial charge in [-0.15, -0.1) is 0 Å². The first-order valence-corrected chi connectivity index (χ1v) is 8.96. The summed E-state index contributed by atoms with van der Waals surface area (Å²) in [7, 11) is -4.41. The molecule has 0 unspecified atom stereocenters. The van der Waals surface area contributed by atoms with E-state index in [0.29, 0.717) is 38.2 Å². The van der Waals surface area contributed by atoms with E-state index in [1.165, 1.54) is 6.07 Å². The molecule has 0 radical (unpaired) electrons. The molecule has 0 aliphatic carbocycles. The zero-order valence-electron chi connectivity index (χ0n) is 12.7. The summed E-state index contributed by atoms with van der Waals surface area (Å²) < 4.78 is 34.4. The average Bonchev–Trinajstić information content (AvgIpc) is 2.98. The van der Waals surface area contributed by atoms with Crippen molar-refractivity contribution < 1.29 is 13.0 Å². The van der Waals surface area contributed by atoms with Crippen LogP contribution in [0, 0.1) is 0 Å². The third-order valence-electron chi connectivity index (χ3n) is 4.51. The molecule has 5 rings (SSSR count). The monoisotopic (exact) mass is 350 g/mol. The molecule has 0 bridgehead atoms. The molecule has 7 heteroatoms. The summed E-state index contributed by atoms with van der Waals surface area (Å²) in [5.74, 6) is 0. The highest BCUT2D eigenvalue weighted by atomic mass is 32.2. The molecule has 5 aromatic rings. The second-order valence-electron chi connectivity index (χ2n) is 5.88. The second kappa shape index (κ2) is 4.53. The quantitative estimate of drug-likeness (QED) is 0.470. The van der Waals surface area contributed by atoms with Crippen molar-refractivity contribution in [3.05, 3.63) is 65.0 Å². The van der Waals surface area contributed by atoms with Gasteiger partial charge in [0, 0.05) is 21.5 Å². The summed E-state index contributed by atoms with van der Waals surface area (Å²) in [5, 5.41) is 1.84. The second-order valence-corrected chi connectivity index (χ2v) is 7.27. The first-order chi connectivity index (χ1) is 12.0. The maximum atomic E-state index is 13.0. The molecule has 25 heavy (non-hydrogen) atoms. The number of pyridine rings is 1. The van der Waals surface area contributed by atoms with Crippen molar-refractivity contribution in [3.63, 3.8) is 0 Å². The van der Waals surface area contributed by atoms with Crippen molar-refractivity contribution in [1.82, 2.24) is 9.38 Å². The lowest BCUT2D eigenvalue weighted by molar-refractivity contribution is 0.484. The zero-order valence-corrected chi connectivity index (χ0v) is 13.5. The Labute approximate surface area is 141 Å². The van der Waals surface area contributed by atoms with E-state index in [9.17, 15) is 17.8 Å². The Morgan fingerprint density at radius 1 is 0.880 bits per heavy atom. The van der Waals surface area contributed by atoms with Crippen molar-refractivity contribution in [1.29, 1.82) is 0 Å². The van der Waals surface area contributed by atoms with Crippen LogP contribution >= 0.6 is 0 Å². The predicted octanol–water partition coefficient (Wildman–Crippen LogP) is 2.84. The van der Waals surface area contributed by atoms with Crippen LogP contribution in [0.2, 0.25) is 0 Å². The van der Waals surface area contributed by atoms with Crippen LogP contribution in [0.1, 0.15) is 0 Å². The Hall–Kier alpha value is -3.03. The summed E-state index contributed by atoms with van der Waals surface area (Å²) in [5.41, 5.74) is 1.58. The molecular formula is C18H10N2O4S. The largest absolute Gasteiger partial charge is 0.295 e. The van der Waals surface area contributed by atoms with Gasteiger partial charge < -0.3 is 0 Å².